The summed E-state index contributed by atoms with van der Waals surface area (Å²) in [7, 11) is 0. The molecule has 1 aliphatic rings. The summed E-state index contributed by atoms with van der Waals surface area (Å²) in [6, 6.07) is 20.4. The summed E-state index contributed by atoms with van der Waals surface area (Å²) in [5, 5.41) is 4.42. The molecule has 0 bridgehead atoms. The molecule has 3 heterocycles. The third-order valence-electron chi connectivity index (χ3n) is 6.17. The van der Waals surface area contributed by atoms with E-state index < -0.39 is 0 Å². The van der Waals surface area contributed by atoms with Gasteiger partial charge in [-0.3, -0.25) is 15.0 Å². The Hall–Kier alpha value is -4.91. The molecule has 0 amide bonds. The molecule has 40 heavy (non-hydrogen) atoms. The highest BCUT2D eigenvalue weighted by atomic mass is 15.2. The van der Waals surface area contributed by atoms with E-state index in [1.165, 1.54) is 11.9 Å². The summed E-state index contributed by atoms with van der Waals surface area (Å²) in [5.41, 5.74) is 18.8. The lowest BCUT2D eigenvalue weighted by Gasteiger charge is -2.39. The molecular weight excluding hydrogens is 494 g/mol. The Kier molecular flexibility index (Phi) is 11.0. The quantitative estimate of drug-likeness (QED) is 0.180. The number of pyridine rings is 2. The minimum atomic E-state index is 0.806. The van der Waals surface area contributed by atoms with Crippen molar-refractivity contribution in [1.82, 2.24) is 9.97 Å². The maximum atomic E-state index is 5.95. The molecule has 0 radical (unpaired) electrons. The highest BCUT2D eigenvalue weighted by Gasteiger charge is 2.22. The molecule has 5 N–H and O–H groups in total. The van der Waals surface area contributed by atoms with Crippen molar-refractivity contribution in [1.29, 1.82) is 0 Å². The van der Waals surface area contributed by atoms with Crippen LogP contribution in [0.4, 0.5) is 22.7 Å². The number of rotatable bonds is 6. The molecular formula is C33H39N7. The minimum Gasteiger partial charge on any atom is -0.405 e. The van der Waals surface area contributed by atoms with E-state index in [0.29, 0.717) is 0 Å². The number of anilines is 4. The van der Waals surface area contributed by atoms with E-state index in [0.717, 1.165) is 63.8 Å². The number of hydrogen-bond donors (Lipinski definition) is 3. The highest BCUT2D eigenvalue weighted by Crippen LogP contribution is 2.29. The van der Waals surface area contributed by atoms with E-state index in [1.54, 1.807) is 18.6 Å². The van der Waals surface area contributed by atoms with E-state index >= 15 is 0 Å². The summed E-state index contributed by atoms with van der Waals surface area (Å²) in [5.74, 6) is 0.807. The Morgan fingerprint density at radius 3 is 2.35 bits per heavy atom. The van der Waals surface area contributed by atoms with Crippen molar-refractivity contribution in [3.63, 3.8) is 0 Å². The van der Waals surface area contributed by atoms with E-state index in [1.807, 2.05) is 62.4 Å². The monoisotopic (exact) mass is 533 g/mol. The molecule has 1 aliphatic heterocycles. The van der Waals surface area contributed by atoms with Crippen LogP contribution in [0, 0.1) is 12.8 Å². The molecule has 0 unspecified atom stereocenters. The lowest BCUT2D eigenvalue weighted by Crippen LogP contribution is -2.45. The molecule has 7 nitrogen and oxygen atoms in total. The van der Waals surface area contributed by atoms with E-state index in [2.05, 4.69) is 75.4 Å². The lowest BCUT2D eigenvalue weighted by atomic mass is 10.0. The molecule has 206 valence electrons. The van der Waals surface area contributed by atoms with Gasteiger partial charge in [0.2, 0.25) is 0 Å². The largest absolute Gasteiger partial charge is 0.405 e. The number of allylic oxidation sites excluding steroid dienone is 3. The molecule has 0 spiro atoms. The zero-order valence-corrected chi connectivity index (χ0v) is 23.6. The molecule has 0 saturated carbocycles. The topological polar surface area (TPSA) is 105 Å². The van der Waals surface area contributed by atoms with Crippen molar-refractivity contribution >= 4 is 45.9 Å². The average Bonchev–Trinajstić information content (AvgIpc) is 2.93. The summed E-state index contributed by atoms with van der Waals surface area (Å²) in [6.45, 7) is 15.2. The molecule has 7 heteroatoms. The van der Waals surface area contributed by atoms with Gasteiger partial charge in [0.1, 0.15) is 0 Å². The molecule has 2 aromatic carbocycles. The van der Waals surface area contributed by atoms with Gasteiger partial charge >= 0.3 is 0 Å². The lowest BCUT2D eigenvalue weighted by molar-refractivity contribution is 0.447. The minimum absolute atomic E-state index is 0.806. The van der Waals surface area contributed by atoms with Crippen molar-refractivity contribution in [3.8, 4) is 0 Å². The number of nitrogen functional groups attached to an aromatic ring is 1. The van der Waals surface area contributed by atoms with Gasteiger partial charge in [-0.1, -0.05) is 37.8 Å². The standard InChI is InChI=1S/C18H19N3.C13H15N3.C2H5N/c1-4-5-16(13-19-3)15-6-8-17(9-7-15)21-18-10-11-20-14(2)12-18;1-9-7-16(8-9)10-2-3-13-11(6-10)12(14)4-5-15-13;1-2-3/h4-13H,3H2,1-2H3,(H,20,21);2-6,9H,7-8H2,1H3,(H2,14,15);2H,1,3H2/b5-4-,16-13+;;. The number of nitrogens with one attached hydrogen (secondary N) is 1. The first-order valence-corrected chi connectivity index (χ1v) is 13.2. The van der Waals surface area contributed by atoms with Gasteiger partial charge in [-0.2, -0.15) is 0 Å². The van der Waals surface area contributed by atoms with Crippen LogP contribution in [0.2, 0.25) is 0 Å². The Bertz CT molecular complexity index is 1470. The molecule has 0 aliphatic carbocycles. The first kappa shape index (κ1) is 29.6. The van der Waals surface area contributed by atoms with Gasteiger partial charge in [-0.15, -0.1) is 0 Å². The maximum absolute atomic E-state index is 5.95. The highest BCUT2D eigenvalue weighted by molar-refractivity contribution is 5.92. The third kappa shape index (κ3) is 8.30. The van der Waals surface area contributed by atoms with Crippen LogP contribution < -0.4 is 21.7 Å². The number of aliphatic imine (C=N–C) groups is 1. The van der Waals surface area contributed by atoms with Gasteiger partial charge in [0.25, 0.3) is 0 Å². The van der Waals surface area contributed by atoms with E-state index in [-0.39, 0.29) is 0 Å². The van der Waals surface area contributed by atoms with E-state index in [4.69, 9.17) is 5.73 Å². The predicted molar refractivity (Wildman–Crippen MR) is 173 cm³/mol. The van der Waals surface area contributed by atoms with Gasteiger partial charge in [0, 0.05) is 65.5 Å². The van der Waals surface area contributed by atoms with Crippen LogP contribution in [0.5, 0.6) is 0 Å². The van der Waals surface area contributed by atoms with E-state index in [9.17, 15) is 0 Å². The summed E-state index contributed by atoms with van der Waals surface area (Å²) in [4.78, 5) is 14.7. The predicted octanol–water partition coefficient (Wildman–Crippen LogP) is 7.11. The van der Waals surface area contributed by atoms with Crippen molar-refractivity contribution in [2.24, 2.45) is 16.6 Å². The summed E-state index contributed by atoms with van der Waals surface area (Å²) < 4.78 is 0. The van der Waals surface area contributed by atoms with Crippen molar-refractivity contribution in [3.05, 3.63) is 115 Å². The Labute approximate surface area is 237 Å². The van der Waals surface area contributed by atoms with Gasteiger partial charge in [0.05, 0.1) is 5.52 Å². The van der Waals surface area contributed by atoms with Gasteiger partial charge < -0.3 is 21.7 Å². The van der Waals surface area contributed by atoms with Crippen LogP contribution in [0.15, 0.2) is 109 Å². The van der Waals surface area contributed by atoms with Crippen LogP contribution in [0.1, 0.15) is 25.1 Å². The fourth-order valence-electron chi connectivity index (χ4n) is 4.29. The van der Waals surface area contributed by atoms with Crippen molar-refractivity contribution in [2.75, 3.05) is 29.0 Å². The number of aryl methyl sites for hydroxylation is 1. The smallest absolute Gasteiger partial charge is 0.0724 e. The van der Waals surface area contributed by atoms with Crippen LogP contribution in [-0.4, -0.2) is 29.8 Å². The zero-order chi connectivity index (χ0) is 28.9. The molecule has 1 saturated heterocycles. The Morgan fingerprint density at radius 1 is 1.02 bits per heavy atom. The third-order valence-corrected chi connectivity index (χ3v) is 6.17. The van der Waals surface area contributed by atoms with Crippen molar-refractivity contribution < 1.29 is 0 Å². The SMILES string of the molecule is C=CN.C=N/C=C(\C=C/C)c1ccc(Nc2ccnc(C)c2)cc1.CC1CN(c2ccc3nccc(N)c3c2)C1. The average molecular weight is 534 g/mol. The molecule has 1 fully saturated rings. The number of nitrogens with two attached hydrogens (primary N) is 2. The molecule has 0 atom stereocenters. The van der Waals surface area contributed by atoms with Gasteiger partial charge in [-0.05, 0) is 92.4 Å². The molecule has 2 aromatic heterocycles. The zero-order valence-electron chi connectivity index (χ0n) is 23.6. The van der Waals surface area contributed by atoms with Crippen LogP contribution >= 0.6 is 0 Å². The van der Waals surface area contributed by atoms with Crippen LogP contribution in [0.3, 0.4) is 0 Å². The first-order valence-electron chi connectivity index (χ1n) is 13.2. The number of nitrogens with zero attached hydrogens (tertiary/aromatic N) is 4. The number of benzene rings is 2. The second-order valence-electron chi connectivity index (χ2n) is 9.50. The normalized spacial score (nSPS) is 13.0. The van der Waals surface area contributed by atoms with Crippen LogP contribution in [0.25, 0.3) is 16.5 Å². The van der Waals surface area contributed by atoms with Gasteiger partial charge in [0.15, 0.2) is 0 Å². The van der Waals surface area contributed by atoms with Crippen LogP contribution in [-0.2, 0) is 0 Å². The number of fused-ring (bicyclic) bond motifs is 1. The Balaban J connectivity index is 0.000000206. The summed E-state index contributed by atoms with van der Waals surface area (Å²) >= 11 is 0. The molecule has 4 aromatic rings. The second kappa shape index (κ2) is 14.9. The maximum Gasteiger partial charge on any atom is 0.0724 e. The number of hydrogen-bond acceptors (Lipinski definition) is 7. The summed E-state index contributed by atoms with van der Waals surface area (Å²) in [6.07, 6.45) is 10.6. The fraction of sp³-hybridized carbons (Fsp3) is 0.182. The molecule has 5 rings (SSSR count). The fourth-order valence-corrected chi connectivity index (χ4v) is 4.29. The number of aromatic nitrogens is 2. The van der Waals surface area contributed by atoms with Gasteiger partial charge in [-0.25, -0.2) is 0 Å². The Morgan fingerprint density at radius 2 is 1.73 bits per heavy atom. The second-order valence-corrected chi connectivity index (χ2v) is 9.50. The first-order chi connectivity index (χ1) is 19.4. The van der Waals surface area contributed by atoms with Crippen molar-refractivity contribution in [2.45, 2.75) is 20.8 Å².